The van der Waals surface area contributed by atoms with Crippen molar-refractivity contribution in [3.63, 3.8) is 0 Å². The van der Waals surface area contributed by atoms with Gasteiger partial charge in [0.1, 0.15) is 5.82 Å². The van der Waals surface area contributed by atoms with E-state index in [1.54, 1.807) is 0 Å². The fraction of sp³-hybridized carbons (Fsp3) is 0.640. The van der Waals surface area contributed by atoms with E-state index >= 15 is 0 Å². The number of fused-ring (bicyclic) bond motifs is 1. The maximum atomic E-state index is 13.9. The molecule has 4 N–H and O–H groups in total. The molecule has 4 amide bonds. The molecule has 2 fully saturated rings. The number of nitrogens with zero attached hydrogens (tertiary/aromatic N) is 3. The van der Waals surface area contributed by atoms with Crippen molar-refractivity contribution >= 4 is 35.3 Å². The SMILES string of the molecule is [N-]=[N+]=Nc1ccc(C(=O)NCCOCCOCCOCCNC(=O)CCCC[C@@H]2SC[C@@H]3NC(=O)N[C@@H]32)c(F)c1. The molecule has 0 saturated carbocycles. The highest BCUT2D eigenvalue weighted by molar-refractivity contribution is 8.00. The first-order chi connectivity index (χ1) is 19.5. The van der Waals surface area contributed by atoms with Crippen molar-refractivity contribution in [2.45, 2.75) is 43.0 Å². The molecule has 0 bridgehead atoms. The van der Waals surface area contributed by atoms with Crippen molar-refractivity contribution in [2.75, 3.05) is 58.5 Å². The van der Waals surface area contributed by atoms with Crippen molar-refractivity contribution in [2.24, 2.45) is 5.11 Å². The van der Waals surface area contributed by atoms with E-state index in [1.807, 2.05) is 11.8 Å². The lowest BCUT2D eigenvalue weighted by atomic mass is 10.0. The number of carbonyl (C=O) groups excluding carboxylic acids is 3. The minimum Gasteiger partial charge on any atom is -0.377 e. The molecular formula is C25H36FN7O6S. The monoisotopic (exact) mass is 581 g/mol. The Balaban J connectivity index is 1.06. The molecule has 13 nitrogen and oxygen atoms in total. The van der Waals surface area contributed by atoms with Crippen LogP contribution < -0.4 is 21.3 Å². The largest absolute Gasteiger partial charge is 0.377 e. The summed E-state index contributed by atoms with van der Waals surface area (Å²) in [4.78, 5) is 38.0. The highest BCUT2D eigenvalue weighted by Gasteiger charge is 2.42. The molecule has 1 aromatic carbocycles. The lowest BCUT2D eigenvalue weighted by Gasteiger charge is -2.16. The maximum absolute atomic E-state index is 13.9. The van der Waals surface area contributed by atoms with E-state index in [1.165, 1.54) is 12.1 Å². The van der Waals surface area contributed by atoms with Gasteiger partial charge in [-0.1, -0.05) is 17.6 Å². The van der Waals surface area contributed by atoms with Gasteiger partial charge >= 0.3 is 6.03 Å². The number of carbonyl (C=O) groups is 3. The molecule has 2 heterocycles. The minimum absolute atomic E-state index is 0.00865. The van der Waals surface area contributed by atoms with Gasteiger partial charge in [0.05, 0.1) is 57.3 Å². The topological polar surface area (TPSA) is 176 Å². The molecule has 0 spiro atoms. The van der Waals surface area contributed by atoms with Gasteiger partial charge in [-0.15, -0.1) is 0 Å². The number of halogens is 1. The zero-order chi connectivity index (χ0) is 28.6. The summed E-state index contributed by atoms with van der Waals surface area (Å²) in [6.45, 7) is 2.73. The molecule has 0 aromatic heterocycles. The zero-order valence-corrected chi connectivity index (χ0v) is 23.1. The first-order valence-electron chi connectivity index (χ1n) is 13.3. The number of hydrogen-bond donors (Lipinski definition) is 4. The van der Waals surface area contributed by atoms with E-state index in [0.717, 1.165) is 31.1 Å². The molecule has 15 heteroatoms. The van der Waals surface area contributed by atoms with Crippen LogP contribution in [0.5, 0.6) is 0 Å². The molecule has 2 aliphatic rings. The summed E-state index contributed by atoms with van der Waals surface area (Å²) in [7, 11) is 0. The van der Waals surface area contributed by atoms with Crippen LogP contribution in [0.3, 0.4) is 0 Å². The number of unbranched alkanes of at least 4 members (excludes halogenated alkanes) is 1. The van der Waals surface area contributed by atoms with Crippen molar-refractivity contribution in [3.05, 3.63) is 40.0 Å². The Morgan fingerprint density at radius 1 is 1.05 bits per heavy atom. The predicted molar refractivity (Wildman–Crippen MR) is 147 cm³/mol. The van der Waals surface area contributed by atoms with Gasteiger partial charge < -0.3 is 35.5 Å². The number of amides is 4. The number of azide groups is 1. The van der Waals surface area contributed by atoms with Gasteiger partial charge in [0.15, 0.2) is 0 Å². The fourth-order valence-electron chi connectivity index (χ4n) is 4.30. The van der Waals surface area contributed by atoms with Crippen LogP contribution in [0.2, 0.25) is 0 Å². The predicted octanol–water partition coefficient (Wildman–Crippen LogP) is 2.39. The lowest BCUT2D eigenvalue weighted by molar-refractivity contribution is -0.121. The van der Waals surface area contributed by atoms with Gasteiger partial charge in [-0.3, -0.25) is 9.59 Å². The molecule has 3 atom stereocenters. The Morgan fingerprint density at radius 2 is 1.75 bits per heavy atom. The molecule has 1 aromatic rings. The van der Waals surface area contributed by atoms with Crippen molar-refractivity contribution in [3.8, 4) is 0 Å². The van der Waals surface area contributed by atoms with Crippen LogP contribution in [-0.4, -0.2) is 93.7 Å². The van der Waals surface area contributed by atoms with Gasteiger partial charge in [0.25, 0.3) is 5.91 Å². The van der Waals surface area contributed by atoms with Gasteiger partial charge in [0.2, 0.25) is 5.91 Å². The molecule has 0 aliphatic carbocycles. The van der Waals surface area contributed by atoms with Gasteiger partial charge in [-0.2, -0.15) is 11.8 Å². The molecular weight excluding hydrogens is 545 g/mol. The van der Waals surface area contributed by atoms with Crippen LogP contribution in [0, 0.1) is 5.82 Å². The zero-order valence-electron chi connectivity index (χ0n) is 22.2. The lowest BCUT2D eigenvalue weighted by Crippen LogP contribution is -2.36. The van der Waals surface area contributed by atoms with E-state index in [9.17, 15) is 18.8 Å². The number of rotatable bonds is 19. The van der Waals surface area contributed by atoms with Gasteiger partial charge in [-0.25, -0.2) is 9.18 Å². The molecule has 220 valence electrons. The number of hydrogen-bond acceptors (Lipinski definition) is 8. The standard InChI is InChI=1S/C25H36FN7O6S/c26-19-15-17(32-33-27)5-6-18(19)24(35)29-8-10-38-12-14-39-13-11-37-9-7-28-22(34)4-2-1-3-21-23-20(16-40-21)30-25(36)31-23/h5-6,15,20-21,23H,1-4,7-14,16H2,(H,28,34)(H,29,35)(H2,30,31,36)/t20-,21-,23-/m0/s1. The molecule has 2 saturated heterocycles. The Labute approximate surface area is 236 Å². The van der Waals surface area contributed by atoms with Crippen molar-refractivity contribution in [1.29, 1.82) is 0 Å². The molecule has 2 aliphatic heterocycles. The Morgan fingerprint density at radius 3 is 2.45 bits per heavy atom. The van der Waals surface area contributed by atoms with Crippen molar-refractivity contribution in [1.82, 2.24) is 21.3 Å². The third-order valence-corrected chi connectivity index (χ3v) is 7.79. The Kier molecular flexibility index (Phi) is 13.8. The van der Waals surface area contributed by atoms with E-state index in [0.29, 0.717) is 51.2 Å². The number of nitrogens with one attached hydrogen (secondary N) is 4. The third-order valence-electron chi connectivity index (χ3n) is 6.28. The summed E-state index contributed by atoms with van der Waals surface area (Å²) in [5.74, 6) is -0.410. The summed E-state index contributed by atoms with van der Waals surface area (Å²) in [5, 5.41) is 15.0. The number of ether oxygens (including phenoxy) is 3. The summed E-state index contributed by atoms with van der Waals surface area (Å²) in [6, 6.07) is 3.96. The van der Waals surface area contributed by atoms with E-state index < -0.39 is 11.7 Å². The minimum atomic E-state index is -0.774. The van der Waals surface area contributed by atoms with Crippen LogP contribution in [-0.2, 0) is 19.0 Å². The Hall–Kier alpha value is -3.10. The van der Waals surface area contributed by atoms with Gasteiger partial charge in [0, 0.05) is 41.1 Å². The average molecular weight is 582 g/mol. The average Bonchev–Trinajstić information content (AvgIpc) is 3.48. The quantitative estimate of drug-likeness (QED) is 0.0637. The number of benzene rings is 1. The van der Waals surface area contributed by atoms with Crippen LogP contribution in [0.1, 0.15) is 36.0 Å². The van der Waals surface area contributed by atoms with Crippen LogP contribution in [0.4, 0.5) is 14.9 Å². The Bertz CT molecular complexity index is 1040. The maximum Gasteiger partial charge on any atom is 0.315 e. The van der Waals surface area contributed by atoms with E-state index in [2.05, 4.69) is 31.3 Å². The van der Waals surface area contributed by atoms with Crippen LogP contribution in [0.25, 0.3) is 10.4 Å². The second-order valence-electron chi connectivity index (χ2n) is 9.16. The molecule has 3 rings (SSSR count). The van der Waals surface area contributed by atoms with Crippen LogP contribution in [0.15, 0.2) is 23.3 Å². The van der Waals surface area contributed by atoms with Crippen LogP contribution >= 0.6 is 11.8 Å². The number of urea groups is 1. The normalized spacial score (nSPS) is 19.3. The first kappa shape index (κ1) is 31.4. The number of thioether (sulfide) groups is 1. The molecule has 0 radical (unpaired) electrons. The molecule has 0 unspecified atom stereocenters. The third kappa shape index (κ3) is 10.8. The summed E-state index contributed by atoms with van der Waals surface area (Å²) in [5.41, 5.74) is 8.31. The smallest absolute Gasteiger partial charge is 0.315 e. The summed E-state index contributed by atoms with van der Waals surface area (Å²) >= 11 is 1.88. The molecule has 40 heavy (non-hydrogen) atoms. The fourth-order valence-corrected chi connectivity index (χ4v) is 5.84. The van der Waals surface area contributed by atoms with E-state index in [-0.39, 0.29) is 48.4 Å². The summed E-state index contributed by atoms with van der Waals surface area (Å²) < 4.78 is 30.1. The second-order valence-corrected chi connectivity index (χ2v) is 10.4. The highest BCUT2D eigenvalue weighted by Crippen LogP contribution is 2.33. The van der Waals surface area contributed by atoms with Gasteiger partial charge in [-0.05, 0) is 30.5 Å². The first-order valence-corrected chi connectivity index (χ1v) is 14.3. The summed E-state index contributed by atoms with van der Waals surface area (Å²) in [6.07, 6.45) is 3.24. The van der Waals surface area contributed by atoms with E-state index in [4.69, 9.17) is 19.7 Å². The highest BCUT2D eigenvalue weighted by atomic mass is 32.2. The van der Waals surface area contributed by atoms with Crippen molar-refractivity contribution < 1.29 is 33.0 Å². The second kappa shape index (κ2) is 17.6.